The average Bonchev–Trinajstić information content (AvgIpc) is 3.10. The molecule has 1 saturated carbocycles. The fourth-order valence-electron chi connectivity index (χ4n) is 2.64. The predicted molar refractivity (Wildman–Crippen MR) is 65.1 cm³/mol. The molecule has 3 unspecified atom stereocenters. The van der Waals surface area contributed by atoms with Crippen molar-refractivity contribution in [3.63, 3.8) is 0 Å². The highest BCUT2D eigenvalue weighted by Gasteiger charge is 2.35. The Labute approximate surface area is 98.6 Å². The molecule has 16 heavy (non-hydrogen) atoms. The molecule has 0 aromatic carbocycles. The Kier molecular flexibility index (Phi) is 3.53. The Morgan fingerprint density at radius 1 is 1.38 bits per heavy atom. The first-order chi connectivity index (χ1) is 7.59. The van der Waals surface area contributed by atoms with Crippen LogP contribution in [0.2, 0.25) is 0 Å². The van der Waals surface area contributed by atoms with E-state index in [1.165, 1.54) is 19.3 Å². The van der Waals surface area contributed by atoms with Gasteiger partial charge in [0.15, 0.2) is 0 Å². The number of piperidine rings is 1. The first kappa shape index (κ1) is 11.9. The van der Waals surface area contributed by atoms with Gasteiger partial charge >= 0.3 is 0 Å². The van der Waals surface area contributed by atoms with E-state index in [0.29, 0.717) is 17.9 Å². The number of rotatable bonds is 3. The van der Waals surface area contributed by atoms with Gasteiger partial charge in [-0.25, -0.2) is 0 Å². The summed E-state index contributed by atoms with van der Waals surface area (Å²) in [5, 5.41) is 3.35. The van der Waals surface area contributed by atoms with E-state index < -0.39 is 0 Å². The largest absolute Gasteiger partial charge is 0.341 e. The second kappa shape index (κ2) is 4.74. The summed E-state index contributed by atoms with van der Waals surface area (Å²) in [6.07, 6.45) is 4.80. The lowest BCUT2D eigenvalue weighted by Crippen LogP contribution is -2.51. The highest BCUT2D eigenvalue weighted by atomic mass is 16.2. The van der Waals surface area contributed by atoms with E-state index in [-0.39, 0.29) is 6.04 Å². The van der Waals surface area contributed by atoms with Crippen LogP contribution in [0.3, 0.4) is 0 Å². The zero-order valence-corrected chi connectivity index (χ0v) is 10.7. The lowest BCUT2D eigenvalue weighted by Gasteiger charge is -2.33. The summed E-state index contributed by atoms with van der Waals surface area (Å²) in [6.45, 7) is 5.41. The predicted octanol–water partition coefficient (Wildman–Crippen LogP) is 1.63. The van der Waals surface area contributed by atoms with E-state index in [1.54, 1.807) is 0 Å². The van der Waals surface area contributed by atoms with Gasteiger partial charge in [-0.1, -0.05) is 6.92 Å². The Balaban J connectivity index is 1.89. The molecular formula is C13H24N2O. The summed E-state index contributed by atoms with van der Waals surface area (Å²) in [7, 11) is 1.96. The number of carbonyl (C=O) groups is 1. The maximum Gasteiger partial charge on any atom is 0.239 e. The molecule has 3 nitrogen and oxygen atoms in total. The molecule has 3 heteroatoms. The number of nitrogens with zero attached hydrogens (tertiary/aromatic N) is 1. The SMILES string of the molecule is CC1CCNC(C(=O)N(C)C(C)C2CC2)C1. The van der Waals surface area contributed by atoms with Gasteiger partial charge in [-0.15, -0.1) is 0 Å². The molecule has 92 valence electrons. The number of amides is 1. The standard InChI is InChI=1S/C13H24N2O/c1-9-6-7-14-12(8-9)13(16)15(3)10(2)11-4-5-11/h9-12,14H,4-8H2,1-3H3. The van der Waals surface area contributed by atoms with E-state index in [9.17, 15) is 4.79 Å². The Morgan fingerprint density at radius 2 is 2.06 bits per heavy atom. The van der Waals surface area contributed by atoms with Crippen molar-refractivity contribution in [1.82, 2.24) is 10.2 Å². The molecule has 0 spiro atoms. The molecule has 2 rings (SSSR count). The quantitative estimate of drug-likeness (QED) is 0.790. The zero-order chi connectivity index (χ0) is 11.7. The number of likely N-dealkylation sites (N-methyl/N-ethyl adjacent to an activating group) is 1. The van der Waals surface area contributed by atoms with E-state index in [4.69, 9.17) is 0 Å². The monoisotopic (exact) mass is 224 g/mol. The lowest BCUT2D eigenvalue weighted by atomic mass is 9.93. The number of hydrogen-bond acceptors (Lipinski definition) is 2. The van der Waals surface area contributed by atoms with Crippen molar-refractivity contribution in [2.45, 2.75) is 51.6 Å². The zero-order valence-electron chi connectivity index (χ0n) is 10.7. The van der Waals surface area contributed by atoms with Crippen molar-refractivity contribution in [2.75, 3.05) is 13.6 Å². The Hall–Kier alpha value is -0.570. The van der Waals surface area contributed by atoms with Crippen LogP contribution < -0.4 is 5.32 Å². The van der Waals surface area contributed by atoms with E-state index in [2.05, 4.69) is 19.2 Å². The lowest BCUT2D eigenvalue weighted by molar-refractivity contribution is -0.135. The van der Waals surface area contributed by atoms with Gasteiger partial charge in [0.1, 0.15) is 0 Å². The van der Waals surface area contributed by atoms with Gasteiger partial charge in [0.25, 0.3) is 0 Å². The number of hydrogen-bond donors (Lipinski definition) is 1. The van der Waals surface area contributed by atoms with Crippen LogP contribution in [-0.4, -0.2) is 36.5 Å². The van der Waals surface area contributed by atoms with Crippen LogP contribution in [0.15, 0.2) is 0 Å². The van der Waals surface area contributed by atoms with Crippen molar-refractivity contribution >= 4 is 5.91 Å². The molecular weight excluding hydrogens is 200 g/mol. The van der Waals surface area contributed by atoms with Gasteiger partial charge in [-0.05, 0) is 51.0 Å². The van der Waals surface area contributed by atoms with Crippen molar-refractivity contribution < 1.29 is 4.79 Å². The topological polar surface area (TPSA) is 32.3 Å². The normalized spacial score (nSPS) is 32.2. The van der Waals surface area contributed by atoms with Crippen LogP contribution in [0.1, 0.15) is 39.5 Å². The molecule has 2 aliphatic rings. The third-order valence-electron chi connectivity index (χ3n) is 4.23. The summed E-state index contributed by atoms with van der Waals surface area (Å²) in [4.78, 5) is 14.2. The maximum absolute atomic E-state index is 12.3. The molecule has 1 N–H and O–H groups in total. The fraction of sp³-hybridized carbons (Fsp3) is 0.923. The Bertz CT molecular complexity index is 259. The molecule has 1 aliphatic carbocycles. The van der Waals surface area contributed by atoms with Gasteiger partial charge in [-0.3, -0.25) is 4.79 Å². The van der Waals surface area contributed by atoms with Gasteiger partial charge in [0.05, 0.1) is 6.04 Å². The minimum Gasteiger partial charge on any atom is -0.341 e. The minimum absolute atomic E-state index is 0.0648. The molecule has 0 radical (unpaired) electrons. The first-order valence-electron chi connectivity index (χ1n) is 6.59. The first-order valence-corrected chi connectivity index (χ1v) is 6.59. The fourth-order valence-corrected chi connectivity index (χ4v) is 2.64. The number of carbonyl (C=O) groups excluding carboxylic acids is 1. The van der Waals surface area contributed by atoms with E-state index >= 15 is 0 Å². The highest BCUT2D eigenvalue weighted by molar-refractivity contribution is 5.82. The molecule has 1 saturated heterocycles. The van der Waals surface area contributed by atoms with Gasteiger partial charge in [0.2, 0.25) is 5.91 Å². The smallest absolute Gasteiger partial charge is 0.239 e. The van der Waals surface area contributed by atoms with Crippen LogP contribution in [0.4, 0.5) is 0 Å². The summed E-state index contributed by atoms with van der Waals surface area (Å²) < 4.78 is 0. The second-order valence-electron chi connectivity index (χ2n) is 5.66. The van der Waals surface area contributed by atoms with Gasteiger partial charge < -0.3 is 10.2 Å². The summed E-state index contributed by atoms with van der Waals surface area (Å²) in [6, 6.07) is 0.487. The maximum atomic E-state index is 12.3. The summed E-state index contributed by atoms with van der Waals surface area (Å²) >= 11 is 0. The molecule has 2 fully saturated rings. The third kappa shape index (κ3) is 2.57. The van der Waals surface area contributed by atoms with Crippen LogP contribution in [0.5, 0.6) is 0 Å². The van der Waals surface area contributed by atoms with Crippen LogP contribution in [0, 0.1) is 11.8 Å². The van der Waals surface area contributed by atoms with E-state index in [1.807, 2.05) is 11.9 Å². The van der Waals surface area contributed by atoms with Crippen molar-refractivity contribution in [3.05, 3.63) is 0 Å². The van der Waals surface area contributed by atoms with Crippen LogP contribution in [-0.2, 0) is 4.79 Å². The average molecular weight is 224 g/mol. The molecule has 3 atom stereocenters. The summed E-state index contributed by atoms with van der Waals surface area (Å²) in [5.74, 6) is 1.74. The summed E-state index contributed by atoms with van der Waals surface area (Å²) in [5.41, 5.74) is 0. The van der Waals surface area contributed by atoms with Crippen molar-refractivity contribution in [3.8, 4) is 0 Å². The Morgan fingerprint density at radius 3 is 2.62 bits per heavy atom. The molecule has 1 aliphatic heterocycles. The van der Waals surface area contributed by atoms with Crippen molar-refractivity contribution in [2.24, 2.45) is 11.8 Å². The number of nitrogens with one attached hydrogen (secondary N) is 1. The molecule has 1 amide bonds. The molecule has 0 aromatic heterocycles. The van der Waals surface area contributed by atoms with E-state index in [0.717, 1.165) is 18.9 Å². The van der Waals surface area contributed by atoms with Crippen LogP contribution >= 0.6 is 0 Å². The van der Waals surface area contributed by atoms with Crippen molar-refractivity contribution in [1.29, 1.82) is 0 Å². The molecule has 0 bridgehead atoms. The van der Waals surface area contributed by atoms with Gasteiger partial charge in [-0.2, -0.15) is 0 Å². The van der Waals surface area contributed by atoms with Gasteiger partial charge in [0, 0.05) is 13.1 Å². The molecule has 1 heterocycles. The molecule has 0 aromatic rings. The third-order valence-corrected chi connectivity index (χ3v) is 4.23. The second-order valence-corrected chi connectivity index (χ2v) is 5.66. The highest BCUT2D eigenvalue weighted by Crippen LogP contribution is 2.35. The minimum atomic E-state index is 0.0648. The van der Waals surface area contributed by atoms with Crippen LogP contribution in [0.25, 0.3) is 0 Å².